The van der Waals surface area contributed by atoms with Gasteiger partial charge < -0.3 is 9.47 Å². The zero-order valence-corrected chi connectivity index (χ0v) is 20.1. The lowest BCUT2D eigenvalue weighted by atomic mass is 9.82. The van der Waals surface area contributed by atoms with Crippen molar-refractivity contribution in [3.8, 4) is 11.5 Å². The van der Waals surface area contributed by atoms with E-state index in [4.69, 9.17) is 23.2 Å². The molecule has 0 bridgehead atoms. The third-order valence-corrected chi connectivity index (χ3v) is 6.85. The molecule has 13 heteroatoms. The second-order valence-corrected chi connectivity index (χ2v) is 9.48. The van der Waals surface area contributed by atoms with Gasteiger partial charge in [0.25, 0.3) is 0 Å². The Bertz CT molecular complexity index is 1320. The van der Waals surface area contributed by atoms with Gasteiger partial charge in [-0.2, -0.15) is 0 Å². The van der Waals surface area contributed by atoms with Gasteiger partial charge in [0.05, 0.1) is 17.5 Å². The fourth-order valence-corrected chi connectivity index (χ4v) is 5.64. The Balaban J connectivity index is 1.56. The van der Waals surface area contributed by atoms with Crippen LogP contribution in [0.3, 0.4) is 0 Å². The van der Waals surface area contributed by atoms with E-state index in [0.717, 1.165) is 29.2 Å². The lowest BCUT2D eigenvalue weighted by molar-refractivity contribution is -0.275. The fourth-order valence-electron chi connectivity index (χ4n) is 5.12. The van der Waals surface area contributed by atoms with Crippen molar-refractivity contribution in [2.75, 3.05) is 4.90 Å². The number of carbonyl (C=O) groups excluding carboxylic acids is 2. The first kappa shape index (κ1) is 26.2. The topological polar surface area (TPSA) is 55.8 Å². The predicted octanol–water partition coefficient (Wildman–Crippen LogP) is 6.90. The second kappa shape index (κ2) is 8.81. The van der Waals surface area contributed by atoms with Crippen LogP contribution in [0, 0.1) is 11.8 Å². The van der Waals surface area contributed by atoms with Crippen LogP contribution >= 0.6 is 23.2 Å². The average Bonchev–Trinajstić information content (AvgIpc) is 3.41. The molecule has 1 saturated carbocycles. The summed E-state index contributed by atoms with van der Waals surface area (Å²) >= 11 is 12.0. The highest BCUT2D eigenvalue weighted by molar-refractivity contribution is 6.36. The number of anilines is 1. The van der Waals surface area contributed by atoms with Crippen LogP contribution in [0.5, 0.6) is 11.5 Å². The molecule has 2 fully saturated rings. The monoisotopic (exact) mass is 575 g/mol. The van der Waals surface area contributed by atoms with Gasteiger partial charge in [0.15, 0.2) is 0 Å². The Morgan fingerprint density at radius 3 is 1.37 bits per heavy atom. The number of piperidine rings is 1. The molecule has 2 atom stereocenters. The summed E-state index contributed by atoms with van der Waals surface area (Å²) in [6.07, 6.45) is -9.87. The summed E-state index contributed by atoms with van der Waals surface area (Å²) < 4.78 is 83.6. The number of amides is 2. The van der Waals surface area contributed by atoms with Gasteiger partial charge in [-0.25, -0.2) is 4.90 Å². The van der Waals surface area contributed by atoms with Gasteiger partial charge in [-0.1, -0.05) is 47.5 Å². The molecule has 5 nitrogen and oxygen atoms in total. The minimum Gasteiger partial charge on any atom is -0.406 e. The summed E-state index contributed by atoms with van der Waals surface area (Å²) in [5, 5.41) is 0.362. The van der Waals surface area contributed by atoms with Gasteiger partial charge >= 0.3 is 12.7 Å². The van der Waals surface area contributed by atoms with Gasteiger partial charge in [-0.05, 0) is 53.6 Å². The first-order valence-corrected chi connectivity index (χ1v) is 11.5. The summed E-state index contributed by atoms with van der Waals surface area (Å²) in [5.74, 6) is -4.27. The molecule has 2 amide bonds. The molecule has 3 aromatic carbocycles. The van der Waals surface area contributed by atoms with Crippen LogP contribution in [0.2, 0.25) is 10.0 Å². The Kier molecular flexibility index (Phi) is 6.07. The molecular weight excluding hydrogens is 563 g/mol. The van der Waals surface area contributed by atoms with E-state index in [1.54, 1.807) is 0 Å². The standard InChI is InChI=1S/C25H13Cl2F6NO4/c26-14-9-15(27)11-16(10-14)34-21(35)19-20(22(34)36)23(19,12-1-5-17(6-2-12)37-24(28,29)30)13-3-7-18(8-4-13)38-25(31,32)33/h1-11,19-20H. The number of rotatable bonds is 5. The zero-order valence-electron chi connectivity index (χ0n) is 18.6. The highest BCUT2D eigenvalue weighted by atomic mass is 35.5. The molecule has 1 saturated heterocycles. The molecule has 0 spiro atoms. The van der Waals surface area contributed by atoms with E-state index >= 15 is 0 Å². The minimum atomic E-state index is -4.94. The van der Waals surface area contributed by atoms with Gasteiger partial charge in [0, 0.05) is 15.5 Å². The number of carbonyl (C=O) groups is 2. The van der Waals surface area contributed by atoms with Crippen LogP contribution in [0.4, 0.5) is 32.0 Å². The molecule has 2 aliphatic rings. The van der Waals surface area contributed by atoms with E-state index in [1.807, 2.05) is 0 Å². The van der Waals surface area contributed by atoms with Crippen LogP contribution in [-0.2, 0) is 15.0 Å². The van der Waals surface area contributed by atoms with Gasteiger partial charge in [0.1, 0.15) is 11.5 Å². The van der Waals surface area contributed by atoms with E-state index in [2.05, 4.69) is 9.47 Å². The summed E-state index contributed by atoms with van der Waals surface area (Å²) in [4.78, 5) is 28.0. The number of benzene rings is 3. The number of hydrogen-bond acceptors (Lipinski definition) is 4. The summed E-state index contributed by atoms with van der Waals surface area (Å²) in [7, 11) is 0. The van der Waals surface area contributed by atoms with Crippen LogP contribution in [0.15, 0.2) is 66.7 Å². The lowest BCUT2D eigenvalue weighted by Crippen LogP contribution is -2.39. The highest BCUT2D eigenvalue weighted by Gasteiger charge is 2.78. The van der Waals surface area contributed by atoms with E-state index in [-0.39, 0.29) is 15.7 Å². The second-order valence-electron chi connectivity index (χ2n) is 8.61. The Hall–Kier alpha value is -3.44. The van der Waals surface area contributed by atoms with Gasteiger partial charge in [-0.3, -0.25) is 9.59 Å². The lowest BCUT2D eigenvalue weighted by Gasteiger charge is -2.27. The maximum Gasteiger partial charge on any atom is 0.573 e. The first-order chi connectivity index (χ1) is 17.7. The zero-order chi connectivity index (χ0) is 27.6. The van der Waals surface area contributed by atoms with Crippen molar-refractivity contribution < 1.29 is 45.4 Å². The molecule has 5 rings (SSSR count). The highest BCUT2D eigenvalue weighted by Crippen LogP contribution is 2.68. The first-order valence-electron chi connectivity index (χ1n) is 10.8. The third-order valence-electron chi connectivity index (χ3n) is 6.41. The van der Waals surface area contributed by atoms with Gasteiger partial charge in [-0.15, -0.1) is 26.3 Å². The van der Waals surface area contributed by atoms with Crippen molar-refractivity contribution in [3.63, 3.8) is 0 Å². The number of imide groups is 1. The number of ether oxygens (including phenoxy) is 2. The molecule has 0 radical (unpaired) electrons. The van der Waals surface area contributed by atoms with Gasteiger partial charge in [0.2, 0.25) is 11.8 Å². The van der Waals surface area contributed by atoms with E-state index in [9.17, 15) is 35.9 Å². The number of nitrogens with zero attached hydrogens (tertiary/aromatic N) is 1. The van der Waals surface area contributed by atoms with Crippen molar-refractivity contribution in [2.45, 2.75) is 18.1 Å². The Morgan fingerprint density at radius 2 is 1.03 bits per heavy atom. The maximum absolute atomic E-state index is 13.5. The predicted molar refractivity (Wildman–Crippen MR) is 123 cm³/mol. The van der Waals surface area contributed by atoms with Crippen LogP contribution < -0.4 is 14.4 Å². The smallest absolute Gasteiger partial charge is 0.406 e. The molecule has 1 aliphatic carbocycles. The van der Waals surface area contributed by atoms with E-state index < -0.39 is 53.3 Å². The molecule has 1 heterocycles. The normalized spacial score (nSPS) is 20.4. The fraction of sp³-hybridized carbons (Fsp3) is 0.200. The molecule has 1 aliphatic heterocycles. The number of alkyl halides is 6. The maximum atomic E-state index is 13.5. The summed E-state index contributed by atoms with van der Waals surface area (Å²) in [5.41, 5.74) is -0.601. The van der Waals surface area contributed by atoms with Crippen molar-refractivity contribution in [1.29, 1.82) is 0 Å². The Morgan fingerprint density at radius 1 is 0.658 bits per heavy atom. The van der Waals surface area contributed by atoms with Crippen molar-refractivity contribution in [2.24, 2.45) is 11.8 Å². The van der Waals surface area contributed by atoms with Crippen molar-refractivity contribution in [3.05, 3.63) is 87.9 Å². The number of hydrogen-bond donors (Lipinski definition) is 0. The Labute approximate surface area is 220 Å². The summed E-state index contributed by atoms with van der Waals surface area (Å²) in [6, 6.07) is 13.4. The number of halogens is 8. The van der Waals surface area contributed by atoms with E-state index in [0.29, 0.717) is 11.1 Å². The SMILES string of the molecule is O=C1C2C(C(=O)N1c1cc(Cl)cc(Cl)c1)C2(c1ccc(OC(F)(F)F)cc1)c1ccc(OC(F)(F)F)cc1. The third kappa shape index (κ3) is 4.54. The largest absolute Gasteiger partial charge is 0.573 e. The quantitative estimate of drug-likeness (QED) is 0.245. The minimum absolute atomic E-state index is 0.140. The molecule has 0 aromatic heterocycles. The molecular formula is C25H13Cl2F6NO4. The molecule has 38 heavy (non-hydrogen) atoms. The molecule has 198 valence electrons. The summed E-state index contributed by atoms with van der Waals surface area (Å²) in [6.45, 7) is 0. The average molecular weight is 576 g/mol. The van der Waals surface area contributed by atoms with Crippen LogP contribution in [0.25, 0.3) is 0 Å². The van der Waals surface area contributed by atoms with Crippen LogP contribution in [-0.4, -0.2) is 24.5 Å². The number of fused-ring (bicyclic) bond motifs is 1. The van der Waals surface area contributed by atoms with Crippen molar-refractivity contribution in [1.82, 2.24) is 0 Å². The molecule has 2 unspecified atom stereocenters. The van der Waals surface area contributed by atoms with Crippen molar-refractivity contribution >= 4 is 40.7 Å². The van der Waals surface area contributed by atoms with E-state index in [1.165, 1.54) is 42.5 Å². The van der Waals surface area contributed by atoms with Crippen LogP contribution in [0.1, 0.15) is 11.1 Å². The molecule has 0 N–H and O–H groups in total. The molecule has 3 aromatic rings.